The third kappa shape index (κ3) is 1.78. The van der Waals surface area contributed by atoms with E-state index in [0.29, 0.717) is 6.42 Å². The van der Waals surface area contributed by atoms with Crippen LogP contribution in [0.2, 0.25) is 0 Å². The van der Waals surface area contributed by atoms with Gasteiger partial charge >= 0.3 is 0 Å². The third-order valence-corrected chi connectivity index (χ3v) is 3.84. The van der Waals surface area contributed by atoms with Crippen LogP contribution in [0.3, 0.4) is 0 Å². The smallest absolute Gasteiger partial charge is 0.272 e. The van der Waals surface area contributed by atoms with Crippen molar-refractivity contribution in [3.05, 3.63) is 0 Å². The Hall–Kier alpha value is -0.130. The molecule has 1 aliphatic heterocycles. The first kappa shape index (κ1) is 9.95. The summed E-state index contributed by atoms with van der Waals surface area (Å²) < 4.78 is 26.8. The van der Waals surface area contributed by atoms with E-state index >= 15 is 0 Å². The van der Waals surface area contributed by atoms with Gasteiger partial charge in [-0.3, -0.25) is 4.18 Å². The lowest BCUT2D eigenvalue weighted by Crippen LogP contribution is -2.34. The molecule has 1 fully saturated rings. The molecule has 0 amide bonds. The van der Waals surface area contributed by atoms with Gasteiger partial charge in [0.15, 0.2) is 0 Å². The topological polar surface area (TPSA) is 63.6 Å². The summed E-state index contributed by atoms with van der Waals surface area (Å²) in [6.07, 6.45) is -0.403. The molecule has 2 unspecified atom stereocenters. The Labute approximate surface area is 72.7 Å². The fourth-order valence-corrected chi connectivity index (χ4v) is 2.83. The van der Waals surface area contributed by atoms with Gasteiger partial charge in [0, 0.05) is 0 Å². The highest BCUT2D eigenvalue weighted by molar-refractivity contribution is 7.87. The Bertz CT molecular complexity index is 244. The van der Waals surface area contributed by atoms with Gasteiger partial charge in [-0.05, 0) is 12.3 Å². The van der Waals surface area contributed by atoms with Crippen LogP contribution in [0.15, 0.2) is 0 Å². The van der Waals surface area contributed by atoms with Gasteiger partial charge in [-0.15, -0.1) is 0 Å². The molecule has 1 saturated heterocycles. The number of hydrogen-bond acceptors (Lipinski definition) is 4. The molecule has 4 nitrogen and oxygen atoms in total. The second kappa shape index (κ2) is 3.32. The van der Waals surface area contributed by atoms with E-state index in [4.69, 9.17) is 0 Å². The molecule has 0 saturated carbocycles. The summed E-state index contributed by atoms with van der Waals surface area (Å²) >= 11 is 0. The zero-order chi connectivity index (χ0) is 9.35. The maximum atomic E-state index is 11.1. The van der Waals surface area contributed by atoms with Crippen molar-refractivity contribution < 1.29 is 17.7 Å². The highest BCUT2D eigenvalue weighted by Crippen LogP contribution is 2.24. The summed E-state index contributed by atoms with van der Waals surface area (Å²) in [5.74, 6) is -0.0496. The number of aliphatic hydroxyl groups excluding tert-OH is 1. The van der Waals surface area contributed by atoms with E-state index in [-0.39, 0.29) is 12.5 Å². The largest absolute Gasteiger partial charge is 0.391 e. The van der Waals surface area contributed by atoms with E-state index in [9.17, 15) is 13.5 Å². The van der Waals surface area contributed by atoms with Crippen molar-refractivity contribution in [1.82, 2.24) is 0 Å². The molecule has 0 spiro atoms. The van der Waals surface area contributed by atoms with Crippen LogP contribution in [0, 0.1) is 5.92 Å². The summed E-state index contributed by atoms with van der Waals surface area (Å²) in [5.41, 5.74) is 0. The first-order chi connectivity index (χ1) is 5.45. The molecule has 5 heteroatoms. The van der Waals surface area contributed by atoms with Crippen LogP contribution in [-0.4, -0.2) is 31.5 Å². The zero-order valence-electron chi connectivity index (χ0n) is 7.23. The van der Waals surface area contributed by atoms with Gasteiger partial charge in [-0.2, -0.15) is 8.42 Å². The molecule has 12 heavy (non-hydrogen) atoms. The first-order valence-electron chi connectivity index (χ1n) is 4.01. The predicted octanol–water partition coefficient (Wildman–Crippen LogP) is 0.122. The summed E-state index contributed by atoms with van der Waals surface area (Å²) in [6.45, 7) is 3.79. The van der Waals surface area contributed by atoms with E-state index in [2.05, 4.69) is 4.18 Å². The maximum absolute atomic E-state index is 11.1. The highest BCUT2D eigenvalue weighted by Gasteiger charge is 2.39. The van der Waals surface area contributed by atoms with Crippen LogP contribution >= 0.6 is 0 Å². The summed E-state index contributed by atoms with van der Waals surface area (Å²) in [4.78, 5) is 0. The Balaban J connectivity index is 2.76. The molecular formula is C7H14O4S. The average molecular weight is 194 g/mol. The minimum atomic E-state index is -3.48. The molecule has 1 N–H and O–H groups in total. The lowest BCUT2D eigenvalue weighted by molar-refractivity contribution is 0.120. The summed E-state index contributed by atoms with van der Waals surface area (Å²) in [7, 11) is -3.48. The molecule has 0 bridgehead atoms. The van der Waals surface area contributed by atoms with Crippen LogP contribution in [0.5, 0.6) is 0 Å². The van der Waals surface area contributed by atoms with Crippen LogP contribution in [0.1, 0.15) is 20.3 Å². The zero-order valence-corrected chi connectivity index (χ0v) is 8.04. The molecule has 0 aromatic rings. The van der Waals surface area contributed by atoms with E-state index in [0.717, 1.165) is 0 Å². The maximum Gasteiger partial charge on any atom is 0.272 e. The van der Waals surface area contributed by atoms with Gasteiger partial charge in [-0.25, -0.2) is 0 Å². The average Bonchev–Trinajstić information content (AvgIpc) is 2.27. The Morgan fingerprint density at radius 2 is 2.08 bits per heavy atom. The SMILES string of the molecule is CC(C)C(O)C1CCOS1(=O)=O. The van der Waals surface area contributed by atoms with Crippen molar-refractivity contribution in [3.63, 3.8) is 0 Å². The van der Waals surface area contributed by atoms with Gasteiger partial charge in [0.2, 0.25) is 0 Å². The molecular weight excluding hydrogens is 180 g/mol. The van der Waals surface area contributed by atoms with Gasteiger partial charge in [0.1, 0.15) is 5.25 Å². The number of rotatable bonds is 2. The van der Waals surface area contributed by atoms with Crippen molar-refractivity contribution in [3.8, 4) is 0 Å². The Morgan fingerprint density at radius 1 is 1.50 bits per heavy atom. The summed E-state index contributed by atoms with van der Waals surface area (Å²) in [5, 5.41) is 8.78. The van der Waals surface area contributed by atoms with Gasteiger partial charge in [0.05, 0.1) is 12.7 Å². The van der Waals surface area contributed by atoms with E-state index in [1.54, 1.807) is 13.8 Å². The molecule has 1 heterocycles. The van der Waals surface area contributed by atoms with Gasteiger partial charge < -0.3 is 5.11 Å². The van der Waals surface area contributed by atoms with Crippen molar-refractivity contribution in [2.24, 2.45) is 5.92 Å². The second-order valence-corrected chi connectivity index (χ2v) is 5.20. The second-order valence-electron chi connectivity index (χ2n) is 3.38. The molecule has 2 atom stereocenters. The predicted molar refractivity (Wildman–Crippen MR) is 44.1 cm³/mol. The molecule has 1 rings (SSSR count). The van der Waals surface area contributed by atoms with Crippen molar-refractivity contribution in [2.45, 2.75) is 31.6 Å². The van der Waals surface area contributed by atoms with Crippen molar-refractivity contribution >= 4 is 10.1 Å². The van der Waals surface area contributed by atoms with E-state index < -0.39 is 21.5 Å². The summed E-state index contributed by atoms with van der Waals surface area (Å²) in [6, 6.07) is 0. The molecule has 0 aliphatic carbocycles. The first-order valence-corrected chi connectivity index (χ1v) is 5.48. The van der Waals surface area contributed by atoms with E-state index in [1.165, 1.54) is 0 Å². The Morgan fingerprint density at radius 3 is 2.42 bits per heavy atom. The van der Waals surface area contributed by atoms with Gasteiger partial charge in [0.25, 0.3) is 10.1 Å². The lowest BCUT2D eigenvalue weighted by atomic mass is 10.0. The fourth-order valence-electron chi connectivity index (χ4n) is 1.28. The third-order valence-electron chi connectivity index (χ3n) is 2.08. The Kier molecular flexibility index (Phi) is 2.75. The molecule has 0 aromatic heterocycles. The van der Waals surface area contributed by atoms with Crippen LogP contribution < -0.4 is 0 Å². The lowest BCUT2D eigenvalue weighted by Gasteiger charge is -2.18. The minimum Gasteiger partial charge on any atom is -0.391 e. The highest BCUT2D eigenvalue weighted by atomic mass is 32.2. The van der Waals surface area contributed by atoms with Crippen molar-refractivity contribution in [2.75, 3.05) is 6.61 Å². The number of aliphatic hydroxyl groups is 1. The number of hydrogen-bond donors (Lipinski definition) is 1. The van der Waals surface area contributed by atoms with Crippen LogP contribution in [0.4, 0.5) is 0 Å². The van der Waals surface area contributed by atoms with E-state index in [1.807, 2.05) is 0 Å². The van der Waals surface area contributed by atoms with Crippen LogP contribution in [0.25, 0.3) is 0 Å². The standard InChI is InChI=1S/C7H14O4S/c1-5(2)7(8)6-3-4-11-12(6,9)10/h5-8H,3-4H2,1-2H3. The molecule has 0 aromatic carbocycles. The quantitative estimate of drug-likeness (QED) is 0.634. The van der Waals surface area contributed by atoms with Crippen LogP contribution in [-0.2, 0) is 14.3 Å². The molecule has 72 valence electrons. The van der Waals surface area contributed by atoms with Crippen molar-refractivity contribution in [1.29, 1.82) is 0 Å². The normalized spacial score (nSPS) is 30.8. The monoisotopic (exact) mass is 194 g/mol. The molecule has 1 aliphatic rings. The van der Waals surface area contributed by atoms with Gasteiger partial charge in [-0.1, -0.05) is 13.8 Å². The fraction of sp³-hybridized carbons (Fsp3) is 1.00. The minimum absolute atomic E-state index is 0.0496. The molecule has 0 radical (unpaired) electrons.